The number of carbonyl (C=O) groups excluding carboxylic acids is 1. The van der Waals surface area contributed by atoms with Crippen LogP contribution in [-0.2, 0) is 0 Å². The number of rotatable bonds is 4. The van der Waals surface area contributed by atoms with Crippen LogP contribution >= 0.6 is 15.9 Å². The van der Waals surface area contributed by atoms with Crippen molar-refractivity contribution in [2.24, 2.45) is 0 Å². The Morgan fingerprint density at radius 3 is 2.65 bits per heavy atom. The van der Waals surface area contributed by atoms with E-state index < -0.39 is 10.7 Å². The molecule has 7 heteroatoms. The Balaban J connectivity index is 2.37. The number of nitrogens with zero attached hydrogens (tertiary/aromatic N) is 1. The van der Waals surface area contributed by atoms with Crippen LogP contribution < -0.4 is 4.74 Å². The maximum Gasteiger partial charge on any atom is 0.280 e. The van der Waals surface area contributed by atoms with Gasteiger partial charge in [0.2, 0.25) is 0 Å². The molecule has 5 nitrogen and oxygen atoms in total. The van der Waals surface area contributed by atoms with Gasteiger partial charge < -0.3 is 4.74 Å². The molecule has 0 fully saturated rings. The van der Waals surface area contributed by atoms with Gasteiger partial charge in [0.15, 0.2) is 17.9 Å². The fraction of sp³-hybridized carbons (Fsp3) is 0. The lowest BCUT2D eigenvalue weighted by atomic mass is 10.2. The molecule has 0 radical (unpaired) electrons. The van der Waals surface area contributed by atoms with Crippen molar-refractivity contribution in [1.29, 1.82) is 0 Å². The lowest BCUT2D eigenvalue weighted by Gasteiger charge is -2.07. The van der Waals surface area contributed by atoms with Gasteiger partial charge in [0.05, 0.1) is 10.5 Å². The third-order valence-electron chi connectivity index (χ3n) is 2.44. The van der Waals surface area contributed by atoms with Gasteiger partial charge in [-0.25, -0.2) is 4.39 Å². The minimum Gasteiger partial charge on any atom is -0.454 e. The van der Waals surface area contributed by atoms with Crippen LogP contribution in [0.2, 0.25) is 0 Å². The molecule has 0 amide bonds. The molecule has 0 aromatic heterocycles. The summed E-state index contributed by atoms with van der Waals surface area (Å²) in [6.07, 6.45) is 0.349. The van der Waals surface area contributed by atoms with Gasteiger partial charge in [-0.1, -0.05) is 15.9 Å². The summed E-state index contributed by atoms with van der Waals surface area (Å²) < 4.78 is 19.4. The molecule has 102 valence electrons. The molecular weight excluding hydrogens is 333 g/mol. The summed E-state index contributed by atoms with van der Waals surface area (Å²) in [5.74, 6) is -0.501. The Labute approximate surface area is 121 Å². The number of halogens is 2. The van der Waals surface area contributed by atoms with Crippen LogP contribution in [-0.4, -0.2) is 11.2 Å². The van der Waals surface area contributed by atoms with Crippen molar-refractivity contribution in [3.63, 3.8) is 0 Å². The predicted molar refractivity (Wildman–Crippen MR) is 72.7 cm³/mol. The van der Waals surface area contributed by atoms with Gasteiger partial charge in [0.25, 0.3) is 5.69 Å². The molecule has 0 aliphatic rings. The minimum absolute atomic E-state index is 0.0509. The molecule has 20 heavy (non-hydrogen) atoms. The van der Waals surface area contributed by atoms with Crippen LogP contribution in [0.4, 0.5) is 10.1 Å². The molecule has 0 unspecified atom stereocenters. The first-order valence-corrected chi connectivity index (χ1v) is 6.17. The van der Waals surface area contributed by atoms with Crippen molar-refractivity contribution in [3.05, 3.63) is 62.4 Å². The largest absolute Gasteiger partial charge is 0.454 e. The predicted octanol–water partition coefficient (Wildman–Crippen LogP) is 4.10. The van der Waals surface area contributed by atoms with E-state index in [1.165, 1.54) is 30.3 Å². The van der Waals surface area contributed by atoms with E-state index >= 15 is 0 Å². The highest BCUT2D eigenvalue weighted by Gasteiger charge is 2.15. The van der Waals surface area contributed by atoms with Crippen molar-refractivity contribution in [1.82, 2.24) is 0 Å². The average Bonchev–Trinajstić information content (AvgIpc) is 2.42. The van der Waals surface area contributed by atoms with Gasteiger partial charge in [-0.15, -0.1) is 0 Å². The highest BCUT2D eigenvalue weighted by Crippen LogP contribution is 2.30. The molecular formula is C13H7BrFNO4. The normalized spacial score (nSPS) is 10.1. The number of aldehydes is 1. The zero-order valence-corrected chi connectivity index (χ0v) is 11.5. The van der Waals surface area contributed by atoms with Gasteiger partial charge in [0, 0.05) is 10.5 Å². The first kappa shape index (κ1) is 14.1. The summed E-state index contributed by atoms with van der Waals surface area (Å²) in [6.45, 7) is 0. The molecule has 0 saturated heterocycles. The third-order valence-corrected chi connectivity index (χ3v) is 2.94. The van der Waals surface area contributed by atoms with Crippen LogP contribution in [0.1, 0.15) is 10.4 Å². The van der Waals surface area contributed by atoms with Crippen molar-refractivity contribution in [2.75, 3.05) is 0 Å². The van der Waals surface area contributed by atoms with Crippen LogP contribution in [0.3, 0.4) is 0 Å². The van der Waals surface area contributed by atoms with Gasteiger partial charge in [0.1, 0.15) is 5.75 Å². The number of carbonyl (C=O) groups is 1. The quantitative estimate of drug-likeness (QED) is 0.477. The topological polar surface area (TPSA) is 69.4 Å². The standard InChI is InChI=1S/C13H7BrFNO4/c14-9-1-3-11(15)13(6-9)20-10-2-4-12(16(18)19)8(5-10)7-17/h1-7H. The molecule has 2 aromatic carbocycles. The molecule has 2 aromatic rings. The number of nitro groups is 1. The first-order chi connectivity index (χ1) is 9.51. The van der Waals surface area contributed by atoms with Crippen molar-refractivity contribution in [3.8, 4) is 11.5 Å². The Kier molecular flexibility index (Phi) is 4.09. The summed E-state index contributed by atoms with van der Waals surface area (Å²) in [5.41, 5.74) is -0.468. The Bertz CT molecular complexity index is 690. The molecule has 0 aliphatic carbocycles. The second-order valence-electron chi connectivity index (χ2n) is 3.77. The number of ether oxygens (including phenoxy) is 1. The Morgan fingerprint density at radius 2 is 2.00 bits per heavy atom. The summed E-state index contributed by atoms with van der Waals surface area (Å²) >= 11 is 3.18. The van der Waals surface area contributed by atoms with E-state index in [4.69, 9.17) is 4.74 Å². The molecule has 0 heterocycles. The molecule has 0 spiro atoms. The number of benzene rings is 2. The van der Waals surface area contributed by atoms with Crippen molar-refractivity contribution < 1.29 is 18.8 Å². The van der Waals surface area contributed by atoms with Crippen molar-refractivity contribution in [2.45, 2.75) is 0 Å². The van der Waals surface area contributed by atoms with E-state index in [2.05, 4.69) is 15.9 Å². The van der Waals surface area contributed by atoms with Gasteiger partial charge in [-0.3, -0.25) is 14.9 Å². The number of hydrogen-bond acceptors (Lipinski definition) is 4. The SMILES string of the molecule is O=Cc1cc(Oc2cc(Br)ccc2F)ccc1[N+](=O)[O-]. The van der Waals surface area contributed by atoms with E-state index in [1.807, 2.05) is 0 Å². The third kappa shape index (κ3) is 3.00. The lowest BCUT2D eigenvalue weighted by molar-refractivity contribution is -0.385. The van der Waals surface area contributed by atoms with Crippen LogP contribution in [0.5, 0.6) is 11.5 Å². The molecule has 2 rings (SSSR count). The number of hydrogen-bond donors (Lipinski definition) is 0. The summed E-state index contributed by atoms with van der Waals surface area (Å²) in [4.78, 5) is 20.8. The van der Waals surface area contributed by atoms with Crippen LogP contribution in [0.25, 0.3) is 0 Å². The molecule has 0 saturated carbocycles. The monoisotopic (exact) mass is 339 g/mol. The number of nitro benzene ring substituents is 1. The van der Waals surface area contributed by atoms with Crippen LogP contribution in [0.15, 0.2) is 40.9 Å². The maximum atomic E-state index is 13.5. The minimum atomic E-state index is -0.673. The highest BCUT2D eigenvalue weighted by molar-refractivity contribution is 9.10. The van der Waals surface area contributed by atoms with E-state index in [9.17, 15) is 19.3 Å². The van der Waals surface area contributed by atoms with E-state index in [1.54, 1.807) is 0 Å². The van der Waals surface area contributed by atoms with E-state index in [-0.39, 0.29) is 22.7 Å². The molecule has 0 N–H and O–H groups in total. The first-order valence-electron chi connectivity index (χ1n) is 5.38. The zero-order chi connectivity index (χ0) is 14.7. The van der Waals surface area contributed by atoms with Crippen molar-refractivity contribution >= 4 is 27.9 Å². The fourth-order valence-corrected chi connectivity index (χ4v) is 1.88. The zero-order valence-electron chi connectivity index (χ0n) is 9.88. The average molecular weight is 340 g/mol. The summed E-state index contributed by atoms with van der Waals surface area (Å²) in [6, 6.07) is 7.75. The summed E-state index contributed by atoms with van der Waals surface area (Å²) in [7, 11) is 0. The summed E-state index contributed by atoms with van der Waals surface area (Å²) in [5, 5.41) is 10.7. The molecule has 0 atom stereocenters. The van der Waals surface area contributed by atoms with Gasteiger partial charge in [-0.05, 0) is 30.3 Å². The second kappa shape index (κ2) is 5.79. The Morgan fingerprint density at radius 1 is 1.25 bits per heavy atom. The molecule has 0 bridgehead atoms. The Hall–Kier alpha value is -2.28. The van der Waals surface area contributed by atoms with Crippen LogP contribution in [0, 0.1) is 15.9 Å². The lowest BCUT2D eigenvalue weighted by Crippen LogP contribution is -1.95. The van der Waals surface area contributed by atoms with E-state index in [0.29, 0.717) is 10.8 Å². The maximum absolute atomic E-state index is 13.5. The van der Waals surface area contributed by atoms with Gasteiger partial charge >= 0.3 is 0 Å². The fourth-order valence-electron chi connectivity index (χ4n) is 1.54. The second-order valence-corrected chi connectivity index (χ2v) is 4.69. The highest BCUT2D eigenvalue weighted by atomic mass is 79.9. The smallest absolute Gasteiger partial charge is 0.280 e. The molecule has 0 aliphatic heterocycles. The van der Waals surface area contributed by atoms with E-state index in [0.717, 1.165) is 6.07 Å². The van der Waals surface area contributed by atoms with Gasteiger partial charge in [-0.2, -0.15) is 0 Å².